The van der Waals surface area contributed by atoms with Crippen molar-refractivity contribution in [3.63, 3.8) is 0 Å². The van der Waals surface area contributed by atoms with Gasteiger partial charge in [0.2, 0.25) is 0 Å². The Bertz CT molecular complexity index is 693. The largest absolute Gasteiger partial charge is 0.0840 e. The summed E-state index contributed by atoms with van der Waals surface area (Å²) in [5, 5.41) is 0.777. The van der Waals surface area contributed by atoms with Crippen molar-refractivity contribution in [1.29, 1.82) is 0 Å². The van der Waals surface area contributed by atoms with Gasteiger partial charge in [-0.1, -0.05) is 97.4 Å². The Labute approximate surface area is 137 Å². The van der Waals surface area contributed by atoms with Crippen LogP contribution in [0.4, 0.5) is 0 Å². The summed E-state index contributed by atoms with van der Waals surface area (Å²) >= 11 is 6.56. The van der Waals surface area contributed by atoms with Crippen LogP contribution in [0, 0.1) is 6.92 Å². The number of benzene rings is 3. The quantitative estimate of drug-likeness (QED) is 0.526. The highest BCUT2D eigenvalue weighted by molar-refractivity contribution is 6.31. The number of hydrogen-bond acceptors (Lipinski definition) is 0. The molecular weight excluding hydrogens is 288 g/mol. The molecule has 3 aromatic carbocycles. The van der Waals surface area contributed by atoms with Crippen LogP contribution in [-0.4, -0.2) is 0 Å². The van der Waals surface area contributed by atoms with E-state index in [2.05, 4.69) is 61.5 Å². The van der Waals surface area contributed by atoms with Crippen molar-refractivity contribution in [2.24, 2.45) is 0 Å². The molecule has 22 heavy (non-hydrogen) atoms. The third-order valence-corrected chi connectivity index (χ3v) is 4.57. The van der Waals surface area contributed by atoms with Crippen LogP contribution < -0.4 is 0 Å². The van der Waals surface area contributed by atoms with Gasteiger partial charge in [-0.25, -0.2) is 0 Å². The molecule has 0 N–H and O–H groups in total. The average molecular weight is 306 g/mol. The van der Waals surface area contributed by atoms with E-state index in [0.717, 1.165) is 10.6 Å². The van der Waals surface area contributed by atoms with Crippen LogP contribution >= 0.6 is 11.6 Å². The second-order valence-corrected chi connectivity index (χ2v) is 5.77. The molecule has 3 rings (SSSR count). The van der Waals surface area contributed by atoms with Gasteiger partial charge in [0.1, 0.15) is 0 Å². The summed E-state index contributed by atoms with van der Waals surface area (Å²) in [6, 6.07) is 29.0. The zero-order chi connectivity index (χ0) is 15.4. The maximum absolute atomic E-state index is 6.56. The van der Waals surface area contributed by atoms with Gasteiger partial charge < -0.3 is 0 Å². The molecule has 0 spiro atoms. The predicted octanol–water partition coefficient (Wildman–Crippen LogP) is 5.90. The molecule has 0 aliphatic carbocycles. The summed E-state index contributed by atoms with van der Waals surface area (Å²) in [7, 11) is 0. The van der Waals surface area contributed by atoms with Crippen LogP contribution in [-0.2, 0) is 5.41 Å². The normalized spacial score (nSPS) is 11.4. The third kappa shape index (κ3) is 2.44. The Kier molecular flexibility index (Phi) is 4.31. The van der Waals surface area contributed by atoms with E-state index in [9.17, 15) is 0 Å². The van der Waals surface area contributed by atoms with Gasteiger partial charge in [0, 0.05) is 10.4 Å². The van der Waals surface area contributed by atoms with Crippen LogP contribution in [0.5, 0.6) is 0 Å². The van der Waals surface area contributed by atoms with Gasteiger partial charge in [-0.3, -0.25) is 0 Å². The van der Waals surface area contributed by atoms with Crippen molar-refractivity contribution in [3.8, 4) is 0 Å². The molecule has 0 unspecified atom stereocenters. The molecule has 0 nitrogen and oxygen atoms in total. The van der Waals surface area contributed by atoms with Gasteiger partial charge in [0.05, 0.1) is 0 Å². The molecule has 0 aliphatic heterocycles. The maximum atomic E-state index is 6.56. The lowest BCUT2D eigenvalue weighted by molar-refractivity contribution is 0.625. The Hall–Kier alpha value is -2.05. The molecule has 1 radical (unpaired) electrons. The Morgan fingerprint density at radius 3 is 1.59 bits per heavy atom. The SMILES string of the molecule is [CH2]CC(c1ccccc1)(c1ccccc1)c1ccccc1Cl. The lowest BCUT2D eigenvalue weighted by Crippen LogP contribution is -2.29. The van der Waals surface area contributed by atoms with E-state index in [0.29, 0.717) is 6.42 Å². The topological polar surface area (TPSA) is 0 Å². The Morgan fingerprint density at radius 2 is 1.14 bits per heavy atom. The molecule has 0 bridgehead atoms. The molecule has 1 heteroatoms. The number of rotatable bonds is 4. The summed E-state index contributed by atoms with van der Waals surface area (Å²) in [5.74, 6) is 0. The van der Waals surface area contributed by atoms with Gasteiger partial charge in [-0.05, 0) is 29.2 Å². The predicted molar refractivity (Wildman–Crippen MR) is 94.2 cm³/mol. The van der Waals surface area contributed by atoms with Crippen molar-refractivity contribution < 1.29 is 0 Å². The van der Waals surface area contributed by atoms with Crippen LogP contribution in [0.3, 0.4) is 0 Å². The standard InChI is InChI=1S/C21H18Cl/c1-2-21(17-11-5-3-6-12-17,18-13-7-4-8-14-18)19-15-9-10-16-20(19)22/h3-16H,1-2H2. The second-order valence-electron chi connectivity index (χ2n) is 5.37. The van der Waals surface area contributed by atoms with Gasteiger partial charge in [0.25, 0.3) is 0 Å². The van der Waals surface area contributed by atoms with Gasteiger partial charge in [-0.2, -0.15) is 0 Å². The van der Waals surface area contributed by atoms with Crippen molar-refractivity contribution in [2.45, 2.75) is 11.8 Å². The fraction of sp³-hybridized carbons (Fsp3) is 0.0952. The second kappa shape index (κ2) is 6.37. The molecule has 0 heterocycles. The molecule has 0 amide bonds. The van der Waals surface area contributed by atoms with E-state index >= 15 is 0 Å². The molecule has 0 fully saturated rings. The third-order valence-electron chi connectivity index (χ3n) is 4.24. The van der Waals surface area contributed by atoms with Crippen molar-refractivity contribution >= 4 is 11.6 Å². The van der Waals surface area contributed by atoms with Crippen molar-refractivity contribution in [1.82, 2.24) is 0 Å². The first-order chi connectivity index (χ1) is 10.8. The van der Waals surface area contributed by atoms with E-state index in [-0.39, 0.29) is 5.41 Å². The number of hydrogen-bond donors (Lipinski definition) is 0. The fourth-order valence-corrected chi connectivity index (χ4v) is 3.45. The van der Waals surface area contributed by atoms with Crippen molar-refractivity contribution in [3.05, 3.63) is 114 Å². The van der Waals surface area contributed by atoms with Crippen molar-refractivity contribution in [2.75, 3.05) is 0 Å². The molecule has 0 saturated heterocycles. The highest BCUT2D eigenvalue weighted by Gasteiger charge is 2.35. The first-order valence-corrected chi connectivity index (χ1v) is 7.82. The van der Waals surface area contributed by atoms with E-state index < -0.39 is 0 Å². The van der Waals surface area contributed by atoms with Crippen LogP contribution in [0.15, 0.2) is 84.9 Å². The van der Waals surface area contributed by atoms with Crippen LogP contribution in [0.25, 0.3) is 0 Å². The van der Waals surface area contributed by atoms with Gasteiger partial charge in [-0.15, -0.1) is 0 Å². The van der Waals surface area contributed by atoms with E-state index in [1.807, 2.05) is 30.3 Å². The zero-order valence-electron chi connectivity index (χ0n) is 12.4. The van der Waals surface area contributed by atoms with Crippen LogP contribution in [0.1, 0.15) is 23.1 Å². The highest BCUT2D eigenvalue weighted by Crippen LogP contribution is 2.44. The highest BCUT2D eigenvalue weighted by atomic mass is 35.5. The average Bonchev–Trinajstić information content (AvgIpc) is 2.59. The minimum atomic E-state index is -0.332. The first kappa shape index (κ1) is 14.9. The smallest absolute Gasteiger partial charge is 0.0466 e. The summed E-state index contributed by atoms with van der Waals surface area (Å²) in [6.45, 7) is 4.27. The fourth-order valence-electron chi connectivity index (χ4n) is 3.15. The molecule has 0 aliphatic rings. The summed E-state index contributed by atoms with van der Waals surface area (Å²) < 4.78 is 0. The zero-order valence-corrected chi connectivity index (χ0v) is 13.1. The van der Waals surface area contributed by atoms with Gasteiger partial charge >= 0.3 is 0 Å². The lowest BCUT2D eigenvalue weighted by Gasteiger charge is -2.35. The molecule has 0 saturated carbocycles. The number of halogens is 1. The van der Waals surface area contributed by atoms with Crippen LogP contribution in [0.2, 0.25) is 5.02 Å². The molecular formula is C21H18Cl. The molecule has 3 aromatic rings. The van der Waals surface area contributed by atoms with E-state index in [1.165, 1.54) is 11.1 Å². The Morgan fingerprint density at radius 1 is 0.682 bits per heavy atom. The minimum Gasteiger partial charge on any atom is -0.0840 e. The first-order valence-electron chi connectivity index (χ1n) is 7.44. The van der Waals surface area contributed by atoms with Gasteiger partial charge in [0.15, 0.2) is 0 Å². The van der Waals surface area contributed by atoms with E-state index in [1.54, 1.807) is 0 Å². The summed E-state index contributed by atoms with van der Waals surface area (Å²) in [5.41, 5.74) is 3.19. The molecule has 109 valence electrons. The molecule has 0 aromatic heterocycles. The summed E-state index contributed by atoms with van der Waals surface area (Å²) in [4.78, 5) is 0. The molecule has 0 atom stereocenters. The van der Waals surface area contributed by atoms with E-state index in [4.69, 9.17) is 11.6 Å². The minimum absolute atomic E-state index is 0.332. The maximum Gasteiger partial charge on any atom is 0.0466 e. The summed E-state index contributed by atoms with van der Waals surface area (Å²) in [6.07, 6.45) is 0.699. The Balaban J connectivity index is 2.34. The monoisotopic (exact) mass is 305 g/mol. The lowest BCUT2D eigenvalue weighted by atomic mass is 9.68.